The predicted molar refractivity (Wildman–Crippen MR) is 296 cm³/mol. The summed E-state index contributed by atoms with van der Waals surface area (Å²) in [7, 11) is 0. The van der Waals surface area contributed by atoms with Gasteiger partial charge in [0, 0.05) is 12.8 Å². The molecule has 6 nitrogen and oxygen atoms in total. The van der Waals surface area contributed by atoms with E-state index in [-0.39, 0.29) is 18.5 Å². The van der Waals surface area contributed by atoms with Crippen molar-refractivity contribution in [1.29, 1.82) is 0 Å². The van der Waals surface area contributed by atoms with Gasteiger partial charge in [0.1, 0.15) is 0 Å². The van der Waals surface area contributed by atoms with Crippen LogP contribution in [0.2, 0.25) is 0 Å². The van der Waals surface area contributed by atoms with Gasteiger partial charge in [-0.15, -0.1) is 0 Å². The Morgan fingerprint density at radius 2 is 0.735 bits per heavy atom. The second-order valence-electron chi connectivity index (χ2n) is 20.7. The number of hydrogen-bond donors (Lipinski definition) is 3. The average molecular weight is 957 g/mol. The van der Waals surface area contributed by atoms with Crippen LogP contribution in [0.15, 0.2) is 36.5 Å². The highest BCUT2D eigenvalue weighted by Gasteiger charge is 2.18. The molecule has 0 bridgehead atoms. The van der Waals surface area contributed by atoms with Crippen LogP contribution in [0.4, 0.5) is 0 Å². The first-order valence-electron chi connectivity index (χ1n) is 30.3. The highest BCUT2D eigenvalue weighted by Crippen LogP contribution is 2.17. The quantitative estimate of drug-likeness (QED) is 0.0321. The van der Waals surface area contributed by atoms with Crippen LogP contribution in [0.3, 0.4) is 0 Å². The van der Waals surface area contributed by atoms with Gasteiger partial charge in [0.2, 0.25) is 5.91 Å². The van der Waals surface area contributed by atoms with E-state index in [1.807, 2.05) is 6.08 Å². The van der Waals surface area contributed by atoms with Crippen LogP contribution in [0.5, 0.6) is 0 Å². The molecule has 0 aromatic carbocycles. The molecule has 2 unspecified atom stereocenters. The lowest BCUT2D eigenvalue weighted by Gasteiger charge is -2.20. The van der Waals surface area contributed by atoms with Crippen molar-refractivity contribution in [2.75, 3.05) is 13.2 Å². The van der Waals surface area contributed by atoms with Crippen LogP contribution in [0, 0.1) is 0 Å². The molecule has 0 aromatic rings. The Morgan fingerprint density at radius 1 is 0.412 bits per heavy atom. The molecule has 0 fully saturated rings. The number of amides is 1. The third-order valence-electron chi connectivity index (χ3n) is 13.9. The van der Waals surface area contributed by atoms with Crippen LogP contribution in [0.1, 0.15) is 322 Å². The summed E-state index contributed by atoms with van der Waals surface area (Å²) in [5, 5.41) is 23.2. The van der Waals surface area contributed by atoms with E-state index in [0.29, 0.717) is 19.4 Å². The summed E-state index contributed by atoms with van der Waals surface area (Å²) < 4.78 is 5.40. The minimum Gasteiger partial charge on any atom is -0.465 e. The second-order valence-corrected chi connectivity index (χ2v) is 20.7. The Kier molecular flexibility index (Phi) is 56.0. The van der Waals surface area contributed by atoms with Gasteiger partial charge in [0.15, 0.2) is 0 Å². The van der Waals surface area contributed by atoms with E-state index in [9.17, 15) is 19.8 Å². The lowest BCUT2D eigenvalue weighted by atomic mass is 10.0. The monoisotopic (exact) mass is 956 g/mol. The van der Waals surface area contributed by atoms with Crippen molar-refractivity contribution < 1.29 is 24.5 Å². The number of aliphatic hydroxyl groups excluding tert-OH is 2. The van der Waals surface area contributed by atoms with Gasteiger partial charge < -0.3 is 20.3 Å². The minimum atomic E-state index is -0.848. The van der Waals surface area contributed by atoms with Crippen LogP contribution < -0.4 is 5.32 Å². The molecular weight excluding hydrogens is 839 g/mol. The van der Waals surface area contributed by atoms with Crippen molar-refractivity contribution in [3.05, 3.63) is 36.5 Å². The second kappa shape index (κ2) is 57.7. The molecule has 0 radical (unpaired) electrons. The summed E-state index contributed by atoms with van der Waals surface area (Å²) in [6.45, 7) is 4.80. The molecule has 0 aliphatic carbocycles. The molecule has 6 heteroatoms. The molecule has 0 aliphatic rings. The maximum atomic E-state index is 12.5. The topological polar surface area (TPSA) is 95.9 Å². The Morgan fingerprint density at radius 3 is 1.12 bits per heavy atom. The van der Waals surface area contributed by atoms with Gasteiger partial charge in [-0.25, -0.2) is 0 Å². The first-order valence-corrected chi connectivity index (χ1v) is 30.3. The molecule has 0 aromatic heterocycles. The van der Waals surface area contributed by atoms with Gasteiger partial charge in [-0.3, -0.25) is 9.59 Å². The number of carbonyl (C=O) groups excluding carboxylic acids is 2. The fourth-order valence-electron chi connectivity index (χ4n) is 9.30. The zero-order chi connectivity index (χ0) is 49.3. The zero-order valence-corrected chi connectivity index (χ0v) is 45.6. The Labute approximate surface area is 424 Å². The van der Waals surface area contributed by atoms with Crippen LogP contribution in [-0.2, 0) is 14.3 Å². The maximum Gasteiger partial charge on any atom is 0.305 e. The lowest BCUT2D eigenvalue weighted by Crippen LogP contribution is -2.45. The fourth-order valence-corrected chi connectivity index (χ4v) is 9.30. The number of aliphatic hydroxyl groups is 2. The summed E-state index contributed by atoms with van der Waals surface area (Å²) in [4.78, 5) is 24.4. The van der Waals surface area contributed by atoms with E-state index in [1.165, 1.54) is 244 Å². The van der Waals surface area contributed by atoms with E-state index in [4.69, 9.17) is 4.74 Å². The van der Waals surface area contributed by atoms with Gasteiger partial charge in [0.05, 0.1) is 25.4 Å². The molecule has 0 saturated carbocycles. The molecule has 0 aliphatic heterocycles. The number of nitrogens with one attached hydrogen (secondary N) is 1. The van der Waals surface area contributed by atoms with Crippen LogP contribution in [-0.4, -0.2) is 47.4 Å². The minimum absolute atomic E-state index is 0.0361. The highest BCUT2D eigenvalue weighted by atomic mass is 16.5. The van der Waals surface area contributed by atoms with Crippen molar-refractivity contribution in [1.82, 2.24) is 5.32 Å². The van der Waals surface area contributed by atoms with Crippen molar-refractivity contribution >= 4 is 11.9 Å². The van der Waals surface area contributed by atoms with Crippen LogP contribution in [0.25, 0.3) is 0 Å². The van der Waals surface area contributed by atoms with E-state index in [2.05, 4.69) is 43.5 Å². The van der Waals surface area contributed by atoms with Crippen molar-refractivity contribution in [3.8, 4) is 0 Å². The molecule has 2 atom stereocenters. The summed E-state index contributed by atoms with van der Waals surface area (Å²) >= 11 is 0. The van der Waals surface area contributed by atoms with E-state index >= 15 is 0 Å². The fraction of sp³-hybridized carbons (Fsp3) is 0.871. The van der Waals surface area contributed by atoms with E-state index < -0.39 is 12.1 Å². The number of esters is 1. The highest BCUT2D eigenvalue weighted by molar-refractivity contribution is 5.76. The first-order chi connectivity index (χ1) is 33.5. The van der Waals surface area contributed by atoms with Crippen LogP contribution >= 0.6 is 0 Å². The van der Waals surface area contributed by atoms with Gasteiger partial charge in [0.25, 0.3) is 0 Å². The molecule has 1 amide bonds. The molecular formula is C62H117NO5. The van der Waals surface area contributed by atoms with Crippen molar-refractivity contribution in [2.45, 2.75) is 334 Å². The normalized spacial score (nSPS) is 12.8. The Balaban J connectivity index is 3.49. The Bertz CT molecular complexity index is 1100. The molecule has 0 saturated heterocycles. The third kappa shape index (κ3) is 53.4. The summed E-state index contributed by atoms with van der Waals surface area (Å²) in [6.07, 6.45) is 71.9. The third-order valence-corrected chi connectivity index (χ3v) is 13.9. The Hall–Kier alpha value is -1.92. The molecule has 0 heterocycles. The van der Waals surface area contributed by atoms with Crippen molar-refractivity contribution in [3.63, 3.8) is 0 Å². The summed E-state index contributed by atoms with van der Waals surface area (Å²) in [5.41, 5.74) is 0. The molecule has 0 spiro atoms. The molecule has 0 rings (SSSR count). The van der Waals surface area contributed by atoms with Crippen molar-refractivity contribution in [2.24, 2.45) is 0 Å². The van der Waals surface area contributed by atoms with Gasteiger partial charge in [-0.05, 0) is 51.4 Å². The average Bonchev–Trinajstić information content (AvgIpc) is 3.34. The van der Waals surface area contributed by atoms with Gasteiger partial charge in [-0.2, -0.15) is 0 Å². The molecule has 68 heavy (non-hydrogen) atoms. The molecule has 3 N–H and O–H groups in total. The van der Waals surface area contributed by atoms with E-state index in [1.54, 1.807) is 6.08 Å². The SMILES string of the molecule is CCCCCCCCCCCCCCCCCCC/C=C/C(O)C(CO)NC(=O)CCCCCCCCCCCCCCCC/C=C\C/C=C\CCOC(=O)CCCCCCCCCCCCC. The smallest absolute Gasteiger partial charge is 0.305 e. The lowest BCUT2D eigenvalue weighted by molar-refractivity contribution is -0.143. The summed E-state index contributed by atoms with van der Waals surface area (Å²) in [6, 6.07) is -0.632. The number of ether oxygens (including phenoxy) is 1. The predicted octanol–water partition coefficient (Wildman–Crippen LogP) is 18.8. The van der Waals surface area contributed by atoms with E-state index in [0.717, 1.165) is 51.4 Å². The number of rotatable bonds is 56. The first kappa shape index (κ1) is 66.1. The summed E-state index contributed by atoms with van der Waals surface area (Å²) in [5.74, 6) is -0.107. The van der Waals surface area contributed by atoms with Gasteiger partial charge in [-0.1, -0.05) is 294 Å². The molecule has 400 valence electrons. The maximum absolute atomic E-state index is 12.5. The largest absolute Gasteiger partial charge is 0.465 e. The number of unbranched alkanes of at least 4 members (excludes halogenated alkanes) is 41. The standard InChI is InChI=1S/C62H117NO5/c1-3-5-7-9-11-13-15-16-17-18-22-25-28-31-35-38-42-46-50-54-60(65)59(58-64)63-61(66)55-51-47-43-39-36-32-29-26-23-20-19-21-24-27-30-33-37-41-45-49-53-57-68-62(67)56-52-48-44-40-34-14-12-10-8-6-4-2/h33,37,45,49-50,54,59-60,64-65H,3-32,34-36,38-44,46-48,51-53,55-58H2,1-2H3,(H,63,66)/b37-33-,49-45-,54-50+. The van der Waals surface area contributed by atoms with Gasteiger partial charge >= 0.3 is 5.97 Å². The number of hydrogen-bond acceptors (Lipinski definition) is 5. The zero-order valence-electron chi connectivity index (χ0n) is 45.6. The number of carbonyl (C=O) groups is 2. The number of allylic oxidation sites excluding steroid dienone is 4.